The Labute approximate surface area is 139 Å². The van der Waals surface area contributed by atoms with Crippen molar-refractivity contribution < 1.29 is 9.18 Å². The Morgan fingerprint density at radius 2 is 1.91 bits per heavy atom. The van der Waals surface area contributed by atoms with Crippen LogP contribution in [0.4, 0.5) is 14.9 Å². The van der Waals surface area contributed by atoms with Crippen LogP contribution in [0.2, 0.25) is 5.02 Å². The molecule has 1 aliphatic carbocycles. The van der Waals surface area contributed by atoms with E-state index >= 15 is 0 Å². The molecule has 1 saturated carbocycles. The molecule has 2 amide bonds. The van der Waals surface area contributed by atoms with Crippen molar-refractivity contribution in [3.05, 3.63) is 64.9 Å². The molecule has 3 nitrogen and oxygen atoms in total. The molecule has 1 fully saturated rings. The van der Waals surface area contributed by atoms with Gasteiger partial charge in [0.25, 0.3) is 0 Å². The van der Waals surface area contributed by atoms with Crippen LogP contribution < -0.4 is 10.6 Å². The van der Waals surface area contributed by atoms with Gasteiger partial charge < -0.3 is 10.6 Å². The third-order valence-corrected chi connectivity index (χ3v) is 4.75. The average molecular weight is 333 g/mol. The highest BCUT2D eigenvalue weighted by Gasteiger charge is 2.38. The largest absolute Gasteiger partial charge is 0.337 e. The number of carbonyl (C=O) groups is 1. The van der Waals surface area contributed by atoms with Gasteiger partial charge in [0.05, 0.1) is 5.02 Å². The third-order valence-electron chi connectivity index (χ3n) is 4.46. The van der Waals surface area contributed by atoms with Gasteiger partial charge in [0, 0.05) is 17.6 Å². The van der Waals surface area contributed by atoms with E-state index in [0.29, 0.717) is 12.2 Å². The number of benzene rings is 2. The van der Waals surface area contributed by atoms with Crippen LogP contribution in [-0.4, -0.2) is 12.6 Å². The van der Waals surface area contributed by atoms with E-state index in [-0.39, 0.29) is 16.5 Å². The second-order valence-electron chi connectivity index (χ2n) is 5.94. The molecule has 120 valence electrons. The number of anilines is 1. The predicted octanol–water partition coefficient (Wildman–Crippen LogP) is 4.72. The van der Waals surface area contributed by atoms with Gasteiger partial charge in [-0.25, -0.2) is 9.18 Å². The van der Waals surface area contributed by atoms with Gasteiger partial charge in [0.1, 0.15) is 5.82 Å². The quantitative estimate of drug-likeness (QED) is 0.835. The molecule has 0 radical (unpaired) electrons. The monoisotopic (exact) mass is 332 g/mol. The maximum absolute atomic E-state index is 13.1. The lowest BCUT2D eigenvalue weighted by atomic mass is 9.64. The lowest BCUT2D eigenvalue weighted by Crippen LogP contribution is -2.46. The predicted molar refractivity (Wildman–Crippen MR) is 90.4 cm³/mol. The maximum Gasteiger partial charge on any atom is 0.319 e. The molecular formula is C18H18ClFN2O. The molecule has 2 N–H and O–H groups in total. The van der Waals surface area contributed by atoms with Gasteiger partial charge in [-0.15, -0.1) is 0 Å². The van der Waals surface area contributed by atoms with Crippen LogP contribution in [-0.2, 0) is 5.41 Å². The number of urea groups is 1. The average Bonchev–Trinajstić information content (AvgIpc) is 2.51. The van der Waals surface area contributed by atoms with Gasteiger partial charge in [0.15, 0.2) is 0 Å². The lowest BCUT2D eigenvalue weighted by molar-refractivity contribution is 0.222. The third kappa shape index (κ3) is 3.48. The summed E-state index contributed by atoms with van der Waals surface area (Å²) in [5.41, 5.74) is 1.76. The van der Waals surface area contributed by atoms with Gasteiger partial charge >= 0.3 is 6.03 Å². The first-order chi connectivity index (χ1) is 11.1. The zero-order valence-electron chi connectivity index (χ0n) is 12.6. The standard InChI is InChI=1S/C18H18ClFN2O/c19-15-11-14(7-8-16(15)20)22-17(23)21-12-18(9-4-10-18)13-5-2-1-3-6-13/h1-3,5-8,11H,4,9-10,12H2,(H2,21,22,23). The van der Waals surface area contributed by atoms with Crippen LogP contribution in [0.5, 0.6) is 0 Å². The Bertz CT molecular complexity index is 701. The first-order valence-corrected chi connectivity index (χ1v) is 8.02. The molecule has 0 aliphatic heterocycles. The number of carbonyl (C=O) groups excluding carboxylic acids is 1. The van der Waals surface area contributed by atoms with E-state index in [1.165, 1.54) is 30.2 Å². The van der Waals surface area contributed by atoms with Crippen molar-refractivity contribution in [2.24, 2.45) is 0 Å². The summed E-state index contributed by atoms with van der Waals surface area (Å²) in [6.07, 6.45) is 3.31. The van der Waals surface area contributed by atoms with E-state index in [1.54, 1.807) is 0 Å². The molecule has 0 heterocycles. The summed E-state index contributed by atoms with van der Waals surface area (Å²) in [6, 6.07) is 14.1. The molecule has 0 bridgehead atoms. The van der Waals surface area contributed by atoms with Gasteiger partial charge in [-0.3, -0.25) is 0 Å². The van der Waals surface area contributed by atoms with E-state index in [9.17, 15) is 9.18 Å². The Balaban J connectivity index is 1.61. The van der Waals surface area contributed by atoms with Crippen LogP contribution in [0, 0.1) is 5.82 Å². The zero-order chi connectivity index (χ0) is 16.3. The van der Waals surface area contributed by atoms with Gasteiger partial charge in [-0.05, 0) is 36.6 Å². The summed E-state index contributed by atoms with van der Waals surface area (Å²) in [7, 11) is 0. The van der Waals surface area contributed by atoms with Crippen LogP contribution in [0.15, 0.2) is 48.5 Å². The Morgan fingerprint density at radius 3 is 2.52 bits per heavy atom. The van der Waals surface area contributed by atoms with Crippen molar-refractivity contribution in [3.8, 4) is 0 Å². The summed E-state index contributed by atoms with van der Waals surface area (Å²) in [5.74, 6) is -0.505. The smallest absolute Gasteiger partial charge is 0.319 e. The second kappa shape index (κ2) is 6.59. The van der Waals surface area contributed by atoms with Crippen LogP contribution in [0.25, 0.3) is 0 Å². The minimum Gasteiger partial charge on any atom is -0.337 e. The maximum atomic E-state index is 13.1. The molecule has 0 atom stereocenters. The summed E-state index contributed by atoms with van der Waals surface area (Å²) < 4.78 is 13.1. The molecule has 5 heteroatoms. The topological polar surface area (TPSA) is 41.1 Å². The molecule has 0 saturated heterocycles. The lowest BCUT2D eigenvalue weighted by Gasteiger charge is -2.42. The van der Waals surface area contributed by atoms with Crippen molar-refractivity contribution in [3.63, 3.8) is 0 Å². The van der Waals surface area contributed by atoms with E-state index in [1.807, 2.05) is 18.2 Å². The van der Waals surface area contributed by atoms with E-state index in [2.05, 4.69) is 22.8 Å². The number of nitrogens with one attached hydrogen (secondary N) is 2. The van der Waals surface area contributed by atoms with Crippen molar-refractivity contribution in [1.82, 2.24) is 5.32 Å². The van der Waals surface area contributed by atoms with Gasteiger partial charge in [-0.2, -0.15) is 0 Å². The summed E-state index contributed by atoms with van der Waals surface area (Å²) in [4.78, 5) is 12.1. The van der Waals surface area contributed by atoms with Crippen molar-refractivity contribution in [2.45, 2.75) is 24.7 Å². The molecule has 0 spiro atoms. The van der Waals surface area contributed by atoms with Crippen LogP contribution >= 0.6 is 11.6 Å². The number of rotatable bonds is 4. The first kappa shape index (κ1) is 15.8. The SMILES string of the molecule is O=C(NCC1(c2ccccc2)CCC1)Nc1ccc(F)c(Cl)c1. The van der Waals surface area contributed by atoms with E-state index in [0.717, 1.165) is 12.8 Å². The minimum atomic E-state index is -0.505. The number of amides is 2. The van der Waals surface area contributed by atoms with E-state index < -0.39 is 5.82 Å². The Kier molecular flexibility index (Phi) is 4.53. The highest BCUT2D eigenvalue weighted by atomic mass is 35.5. The number of hydrogen-bond acceptors (Lipinski definition) is 1. The Morgan fingerprint density at radius 1 is 1.17 bits per heavy atom. The highest BCUT2D eigenvalue weighted by molar-refractivity contribution is 6.31. The number of hydrogen-bond donors (Lipinski definition) is 2. The molecule has 23 heavy (non-hydrogen) atoms. The molecule has 0 unspecified atom stereocenters. The van der Waals surface area contributed by atoms with Gasteiger partial charge in [-0.1, -0.05) is 48.4 Å². The second-order valence-corrected chi connectivity index (χ2v) is 6.34. The molecule has 1 aliphatic rings. The summed E-state index contributed by atoms with van der Waals surface area (Å²) in [6.45, 7) is 0.581. The van der Waals surface area contributed by atoms with Gasteiger partial charge in [0.2, 0.25) is 0 Å². The molecule has 3 rings (SSSR count). The normalized spacial score (nSPS) is 15.6. The number of halogens is 2. The minimum absolute atomic E-state index is 0.0115. The fourth-order valence-corrected chi connectivity index (χ4v) is 3.14. The summed E-state index contributed by atoms with van der Waals surface area (Å²) >= 11 is 5.71. The molecule has 0 aromatic heterocycles. The van der Waals surface area contributed by atoms with Crippen molar-refractivity contribution in [2.75, 3.05) is 11.9 Å². The highest BCUT2D eigenvalue weighted by Crippen LogP contribution is 2.43. The fraction of sp³-hybridized carbons (Fsp3) is 0.278. The van der Waals surface area contributed by atoms with Crippen molar-refractivity contribution in [1.29, 1.82) is 0 Å². The molecule has 2 aromatic carbocycles. The van der Waals surface area contributed by atoms with Crippen molar-refractivity contribution >= 4 is 23.3 Å². The first-order valence-electron chi connectivity index (χ1n) is 7.65. The molecule has 2 aromatic rings. The summed E-state index contributed by atoms with van der Waals surface area (Å²) in [5, 5.41) is 5.59. The van der Waals surface area contributed by atoms with Crippen LogP contribution in [0.3, 0.4) is 0 Å². The molecular weight excluding hydrogens is 315 g/mol. The van der Waals surface area contributed by atoms with E-state index in [4.69, 9.17) is 11.6 Å². The Hall–Kier alpha value is -2.07. The fourth-order valence-electron chi connectivity index (χ4n) is 2.96. The van der Waals surface area contributed by atoms with Crippen LogP contribution in [0.1, 0.15) is 24.8 Å². The zero-order valence-corrected chi connectivity index (χ0v) is 13.4.